The quantitative estimate of drug-likeness (QED) is 0.202. The molecule has 0 aliphatic carbocycles. The second kappa shape index (κ2) is 15.4. The number of aromatic nitrogens is 1. The molecule has 0 fully saturated rings. The van der Waals surface area contributed by atoms with E-state index in [2.05, 4.69) is 10.3 Å². The van der Waals surface area contributed by atoms with Gasteiger partial charge in [0.15, 0.2) is 17.2 Å². The second-order valence-corrected chi connectivity index (χ2v) is 9.40. The number of carbonyl (C=O) groups is 4. The zero-order valence-corrected chi connectivity index (χ0v) is 21.8. The van der Waals surface area contributed by atoms with Crippen LogP contribution in [0.2, 0.25) is 0 Å². The van der Waals surface area contributed by atoms with E-state index in [-0.39, 0.29) is 18.0 Å². The van der Waals surface area contributed by atoms with Crippen molar-refractivity contribution < 1.29 is 48.4 Å². The zero-order chi connectivity index (χ0) is 29.7. The van der Waals surface area contributed by atoms with Crippen LogP contribution in [0, 0.1) is 11.6 Å². The molecule has 0 aliphatic heterocycles. The van der Waals surface area contributed by atoms with E-state index in [1.54, 1.807) is 18.3 Å². The number of thiophene rings is 1. The van der Waals surface area contributed by atoms with Crippen LogP contribution in [0.5, 0.6) is 0 Å². The summed E-state index contributed by atoms with van der Waals surface area (Å²) in [4.78, 5) is 49.4. The number of nitrogens with one attached hydrogen (secondary N) is 1. The molecule has 5 N–H and O–H groups in total. The molecule has 0 atom stereocenters. The lowest BCUT2D eigenvalue weighted by molar-refractivity contribution is -0.170. The number of hydrogen-bond acceptors (Lipinski definition) is 8. The van der Waals surface area contributed by atoms with Crippen LogP contribution in [0.4, 0.5) is 8.78 Å². The van der Waals surface area contributed by atoms with Crippen molar-refractivity contribution in [2.75, 3.05) is 13.1 Å². The zero-order valence-electron chi connectivity index (χ0n) is 21.0. The van der Waals surface area contributed by atoms with E-state index in [1.165, 1.54) is 17.4 Å². The van der Waals surface area contributed by atoms with Crippen molar-refractivity contribution in [1.82, 2.24) is 15.2 Å². The van der Waals surface area contributed by atoms with E-state index in [9.17, 15) is 28.0 Å². The first-order valence-corrected chi connectivity index (χ1v) is 12.6. The summed E-state index contributed by atoms with van der Waals surface area (Å²) < 4.78 is 27.6. The molecule has 0 aliphatic rings. The van der Waals surface area contributed by atoms with Gasteiger partial charge in [-0.2, -0.15) is 0 Å². The van der Waals surface area contributed by atoms with Gasteiger partial charge in [-0.05, 0) is 29.6 Å². The molecule has 0 unspecified atom stereocenters. The smallest absolute Gasteiger partial charge is 0.336 e. The highest BCUT2D eigenvalue weighted by atomic mass is 32.1. The Morgan fingerprint density at radius 2 is 1.62 bits per heavy atom. The Kier molecular flexibility index (Phi) is 12.3. The molecule has 0 bridgehead atoms. The summed E-state index contributed by atoms with van der Waals surface area (Å²) in [6.45, 7) is 1.55. The Labute approximate surface area is 231 Å². The summed E-state index contributed by atoms with van der Waals surface area (Å²) >= 11 is 1.37. The summed E-state index contributed by atoms with van der Waals surface area (Å²) in [6.07, 6.45) is -0.599. The summed E-state index contributed by atoms with van der Waals surface area (Å²) in [6, 6.07) is 13.3. The number of carboxylic acids is 3. The number of amides is 1. The summed E-state index contributed by atoms with van der Waals surface area (Å²) in [5.74, 6) is -6.86. The standard InChI is InChI=1S/C20H19F2N3OS.C6H8O7/c21-17-7-3-5-15(19(17)22)13-25(14-16-6-1-2-9-23-16)11-10-24-20(26)18-8-4-12-27-18;7-3(8)1-6(13,5(11)12)2-4(9)10/h1-9,12H,10-11,13-14H2,(H,24,26);13H,1-2H2,(H,7,8)(H,9,10)(H,11,12). The molecule has 0 radical (unpaired) electrons. The topological polar surface area (TPSA) is 177 Å². The highest BCUT2D eigenvalue weighted by Gasteiger charge is 2.40. The van der Waals surface area contributed by atoms with Crippen molar-refractivity contribution in [3.8, 4) is 0 Å². The maximum atomic E-state index is 14.1. The molecule has 0 saturated heterocycles. The summed E-state index contributed by atoms with van der Waals surface area (Å²) in [7, 11) is 0. The van der Waals surface area contributed by atoms with Gasteiger partial charge in [0, 0.05) is 37.9 Å². The Morgan fingerprint density at radius 3 is 2.17 bits per heavy atom. The Bertz CT molecular complexity index is 1280. The molecule has 214 valence electrons. The van der Waals surface area contributed by atoms with Gasteiger partial charge in [0.25, 0.3) is 5.91 Å². The molecule has 2 heterocycles. The largest absolute Gasteiger partial charge is 0.481 e. The van der Waals surface area contributed by atoms with Crippen molar-refractivity contribution in [3.05, 3.63) is 87.9 Å². The van der Waals surface area contributed by atoms with Crippen molar-refractivity contribution in [2.45, 2.75) is 31.5 Å². The fourth-order valence-electron chi connectivity index (χ4n) is 3.38. The monoisotopic (exact) mass is 579 g/mol. The molecule has 1 aromatic carbocycles. The van der Waals surface area contributed by atoms with E-state index < -0.39 is 48.0 Å². The Morgan fingerprint density at radius 1 is 0.925 bits per heavy atom. The average molecular weight is 580 g/mol. The lowest BCUT2D eigenvalue weighted by atomic mass is 9.96. The molecule has 0 spiro atoms. The SMILES string of the molecule is O=C(NCCN(Cc1ccccn1)Cc1cccc(F)c1F)c1cccs1.O=C(O)CC(O)(CC(=O)O)C(=O)O. The van der Waals surface area contributed by atoms with E-state index in [0.717, 1.165) is 11.8 Å². The van der Waals surface area contributed by atoms with Crippen LogP contribution in [-0.4, -0.2) is 72.8 Å². The summed E-state index contributed by atoms with van der Waals surface area (Å²) in [5, 5.41) is 38.5. The third kappa shape index (κ3) is 10.5. The van der Waals surface area contributed by atoms with Crippen LogP contribution < -0.4 is 5.32 Å². The van der Waals surface area contributed by atoms with Gasteiger partial charge in [-0.25, -0.2) is 13.6 Å². The van der Waals surface area contributed by atoms with Crippen LogP contribution in [0.25, 0.3) is 0 Å². The number of carboxylic acid groups (broad SMARTS) is 3. The Hall–Kier alpha value is -4.27. The van der Waals surface area contributed by atoms with Gasteiger partial charge in [0.2, 0.25) is 0 Å². The number of aliphatic hydroxyl groups is 1. The van der Waals surface area contributed by atoms with E-state index in [0.29, 0.717) is 24.5 Å². The van der Waals surface area contributed by atoms with Gasteiger partial charge in [-0.3, -0.25) is 24.3 Å². The molecule has 3 rings (SSSR count). The fourth-order valence-corrected chi connectivity index (χ4v) is 4.02. The molecule has 40 heavy (non-hydrogen) atoms. The number of carbonyl (C=O) groups excluding carboxylic acids is 1. The number of benzene rings is 1. The number of hydrogen-bond donors (Lipinski definition) is 5. The van der Waals surface area contributed by atoms with Gasteiger partial charge >= 0.3 is 17.9 Å². The van der Waals surface area contributed by atoms with Gasteiger partial charge in [-0.15, -0.1) is 11.3 Å². The number of pyridine rings is 1. The Balaban J connectivity index is 0.000000366. The predicted octanol–water partition coefficient (Wildman–Crippen LogP) is 2.60. The lowest BCUT2D eigenvalue weighted by Gasteiger charge is -2.22. The molecule has 3 aromatic rings. The number of nitrogens with zero attached hydrogens (tertiary/aromatic N) is 2. The summed E-state index contributed by atoms with van der Waals surface area (Å²) in [5.41, 5.74) is -1.65. The van der Waals surface area contributed by atoms with E-state index >= 15 is 0 Å². The minimum absolute atomic E-state index is 0.139. The van der Waals surface area contributed by atoms with Crippen molar-refractivity contribution in [3.63, 3.8) is 0 Å². The van der Waals surface area contributed by atoms with Crippen LogP contribution in [0.15, 0.2) is 60.1 Å². The minimum Gasteiger partial charge on any atom is -0.481 e. The maximum Gasteiger partial charge on any atom is 0.336 e. The minimum atomic E-state index is -2.74. The van der Waals surface area contributed by atoms with Crippen LogP contribution in [0.3, 0.4) is 0 Å². The first-order valence-electron chi connectivity index (χ1n) is 11.7. The highest BCUT2D eigenvalue weighted by Crippen LogP contribution is 2.16. The highest BCUT2D eigenvalue weighted by molar-refractivity contribution is 7.12. The van der Waals surface area contributed by atoms with Gasteiger partial charge in [0.05, 0.1) is 23.4 Å². The van der Waals surface area contributed by atoms with E-state index in [1.807, 2.05) is 34.5 Å². The third-order valence-electron chi connectivity index (χ3n) is 5.28. The first-order chi connectivity index (χ1) is 18.9. The number of rotatable bonds is 13. The van der Waals surface area contributed by atoms with Crippen LogP contribution in [-0.2, 0) is 27.5 Å². The molecule has 2 aromatic heterocycles. The maximum absolute atomic E-state index is 14.1. The number of aliphatic carboxylic acids is 3. The lowest BCUT2D eigenvalue weighted by Crippen LogP contribution is -2.42. The average Bonchev–Trinajstić information content (AvgIpc) is 3.42. The second-order valence-electron chi connectivity index (χ2n) is 8.46. The molecular weight excluding hydrogens is 552 g/mol. The molecule has 1 amide bonds. The molecular formula is C26H27F2N3O8S. The predicted molar refractivity (Wildman–Crippen MR) is 138 cm³/mol. The van der Waals surface area contributed by atoms with Crippen LogP contribution >= 0.6 is 11.3 Å². The molecule has 14 heteroatoms. The molecule has 11 nitrogen and oxygen atoms in total. The van der Waals surface area contributed by atoms with Gasteiger partial charge < -0.3 is 25.7 Å². The fraction of sp³-hybridized carbons (Fsp3) is 0.269. The van der Waals surface area contributed by atoms with Crippen molar-refractivity contribution in [1.29, 1.82) is 0 Å². The molecule has 0 saturated carbocycles. The first kappa shape index (κ1) is 31.9. The van der Waals surface area contributed by atoms with Crippen molar-refractivity contribution >= 4 is 35.2 Å². The van der Waals surface area contributed by atoms with E-state index in [4.69, 9.17) is 20.4 Å². The third-order valence-corrected chi connectivity index (χ3v) is 6.15. The normalized spacial score (nSPS) is 10.9. The van der Waals surface area contributed by atoms with Gasteiger partial charge in [-0.1, -0.05) is 24.3 Å². The number of halogens is 2. The van der Waals surface area contributed by atoms with Crippen LogP contribution in [0.1, 0.15) is 33.8 Å². The van der Waals surface area contributed by atoms with Gasteiger partial charge in [0.1, 0.15) is 0 Å². The van der Waals surface area contributed by atoms with Crippen molar-refractivity contribution in [2.24, 2.45) is 0 Å².